The van der Waals surface area contributed by atoms with Crippen LogP contribution in [0.5, 0.6) is 0 Å². The number of hydrogen-bond acceptors (Lipinski definition) is 3. The molecule has 0 unspecified atom stereocenters. The minimum Gasteiger partial charge on any atom is -0.330 e. The second-order valence-corrected chi connectivity index (χ2v) is 5.42. The summed E-state index contributed by atoms with van der Waals surface area (Å²) in [6, 6.07) is 0.651. The maximum absolute atomic E-state index is 5.53. The Morgan fingerprint density at radius 2 is 1.89 bits per heavy atom. The highest BCUT2D eigenvalue weighted by Crippen LogP contribution is 2.30. The van der Waals surface area contributed by atoms with E-state index in [-0.39, 0.29) is 0 Å². The van der Waals surface area contributed by atoms with E-state index in [1.807, 2.05) is 0 Å². The normalized spacial score (nSPS) is 17.2. The Morgan fingerprint density at radius 1 is 1.11 bits per heavy atom. The topological polar surface area (TPSA) is 56.7 Å². The number of aryl methyl sites for hydroxylation is 2. The lowest BCUT2D eigenvalue weighted by atomic mass is 9.95. The molecule has 0 atom stereocenters. The van der Waals surface area contributed by atoms with Crippen LogP contribution in [0.15, 0.2) is 0 Å². The lowest BCUT2D eigenvalue weighted by Gasteiger charge is -2.25. The Labute approximate surface area is 110 Å². The van der Waals surface area contributed by atoms with Crippen LogP contribution < -0.4 is 5.73 Å². The average molecular weight is 250 g/mol. The highest BCUT2D eigenvalue weighted by Gasteiger charge is 2.20. The molecule has 18 heavy (non-hydrogen) atoms. The molecule has 1 saturated carbocycles. The van der Waals surface area contributed by atoms with Crippen LogP contribution in [0.4, 0.5) is 0 Å². The van der Waals surface area contributed by atoms with Crippen LogP contribution in [-0.4, -0.2) is 21.3 Å². The molecule has 1 heterocycles. The van der Waals surface area contributed by atoms with E-state index in [0.29, 0.717) is 6.04 Å². The molecule has 2 rings (SSSR count). The molecule has 4 nitrogen and oxygen atoms in total. The number of aromatic nitrogens is 3. The van der Waals surface area contributed by atoms with E-state index in [1.54, 1.807) is 0 Å². The molecule has 0 radical (unpaired) electrons. The summed E-state index contributed by atoms with van der Waals surface area (Å²) >= 11 is 0. The van der Waals surface area contributed by atoms with Gasteiger partial charge in [0.15, 0.2) is 0 Å². The fourth-order valence-electron chi connectivity index (χ4n) is 3.00. The molecular formula is C14H26N4. The maximum atomic E-state index is 5.53. The van der Waals surface area contributed by atoms with Gasteiger partial charge in [-0.2, -0.15) is 0 Å². The summed E-state index contributed by atoms with van der Waals surface area (Å²) in [5.74, 6) is 2.28. The van der Waals surface area contributed by atoms with Crippen molar-refractivity contribution in [2.24, 2.45) is 5.73 Å². The number of hydrogen-bond donors (Lipinski definition) is 1. The zero-order chi connectivity index (χ0) is 12.8. The van der Waals surface area contributed by atoms with E-state index in [2.05, 4.69) is 21.7 Å². The van der Waals surface area contributed by atoms with Crippen LogP contribution in [-0.2, 0) is 6.42 Å². The number of unbranched alkanes of at least 4 members (excludes halogenated alkanes) is 2. The minimum absolute atomic E-state index is 0.651. The van der Waals surface area contributed by atoms with Gasteiger partial charge in [0, 0.05) is 12.5 Å². The van der Waals surface area contributed by atoms with Crippen molar-refractivity contribution in [2.45, 2.75) is 70.8 Å². The first-order chi connectivity index (χ1) is 8.83. The van der Waals surface area contributed by atoms with Crippen molar-refractivity contribution < 1.29 is 0 Å². The molecule has 0 spiro atoms. The third-order valence-electron chi connectivity index (χ3n) is 3.98. The van der Waals surface area contributed by atoms with E-state index in [9.17, 15) is 0 Å². The average Bonchev–Trinajstić information content (AvgIpc) is 2.77. The lowest BCUT2D eigenvalue weighted by molar-refractivity contribution is 0.340. The van der Waals surface area contributed by atoms with Gasteiger partial charge in [0.2, 0.25) is 0 Å². The van der Waals surface area contributed by atoms with Crippen LogP contribution in [0.25, 0.3) is 0 Å². The van der Waals surface area contributed by atoms with E-state index in [1.165, 1.54) is 50.8 Å². The smallest absolute Gasteiger partial charge is 0.133 e. The molecule has 0 aliphatic heterocycles. The highest BCUT2D eigenvalue weighted by molar-refractivity contribution is 4.98. The van der Waals surface area contributed by atoms with Gasteiger partial charge in [0.05, 0.1) is 0 Å². The zero-order valence-electron chi connectivity index (χ0n) is 11.6. The second-order valence-electron chi connectivity index (χ2n) is 5.42. The first-order valence-corrected chi connectivity index (χ1v) is 7.43. The highest BCUT2D eigenvalue weighted by atomic mass is 15.3. The summed E-state index contributed by atoms with van der Waals surface area (Å²) < 4.78 is 2.40. The number of nitrogens with two attached hydrogens (primary N) is 1. The Bertz CT molecular complexity index is 353. The fraction of sp³-hybridized carbons (Fsp3) is 0.857. The predicted molar refractivity (Wildman–Crippen MR) is 73.5 cm³/mol. The molecule has 1 aliphatic carbocycles. The van der Waals surface area contributed by atoms with Crippen molar-refractivity contribution in [3.05, 3.63) is 11.6 Å². The van der Waals surface area contributed by atoms with Crippen molar-refractivity contribution >= 4 is 0 Å². The second kappa shape index (κ2) is 6.88. The molecule has 1 aromatic rings. The van der Waals surface area contributed by atoms with Gasteiger partial charge in [-0.15, -0.1) is 10.2 Å². The third-order valence-corrected chi connectivity index (χ3v) is 3.98. The largest absolute Gasteiger partial charge is 0.330 e. The summed E-state index contributed by atoms with van der Waals surface area (Å²) in [6.07, 6.45) is 11.3. The monoisotopic (exact) mass is 250 g/mol. The van der Waals surface area contributed by atoms with E-state index in [0.717, 1.165) is 25.2 Å². The summed E-state index contributed by atoms with van der Waals surface area (Å²) in [5.41, 5.74) is 5.53. The molecular weight excluding hydrogens is 224 g/mol. The van der Waals surface area contributed by atoms with Crippen LogP contribution in [0.2, 0.25) is 0 Å². The minimum atomic E-state index is 0.651. The SMILES string of the molecule is Cc1nnc(CCCCCN)n1C1CCCCC1. The van der Waals surface area contributed by atoms with E-state index >= 15 is 0 Å². The Hall–Kier alpha value is -0.900. The Morgan fingerprint density at radius 3 is 2.61 bits per heavy atom. The third kappa shape index (κ3) is 3.31. The van der Waals surface area contributed by atoms with E-state index in [4.69, 9.17) is 5.73 Å². The lowest BCUT2D eigenvalue weighted by Crippen LogP contribution is -2.17. The summed E-state index contributed by atoms with van der Waals surface area (Å²) in [6.45, 7) is 2.89. The molecule has 4 heteroatoms. The fourth-order valence-corrected chi connectivity index (χ4v) is 3.00. The van der Waals surface area contributed by atoms with Gasteiger partial charge < -0.3 is 10.3 Å². The van der Waals surface area contributed by atoms with Gasteiger partial charge in [-0.1, -0.05) is 25.7 Å². The summed E-state index contributed by atoms with van der Waals surface area (Å²) in [5, 5.41) is 8.65. The molecule has 0 amide bonds. The van der Waals surface area contributed by atoms with Crippen molar-refractivity contribution in [3.8, 4) is 0 Å². The molecule has 0 saturated heterocycles. The summed E-state index contributed by atoms with van der Waals surface area (Å²) in [7, 11) is 0. The first-order valence-electron chi connectivity index (χ1n) is 7.43. The molecule has 1 aliphatic rings. The molecule has 0 aromatic carbocycles. The van der Waals surface area contributed by atoms with Gasteiger partial charge in [0.1, 0.15) is 11.6 Å². The van der Waals surface area contributed by atoms with Crippen molar-refractivity contribution in [1.29, 1.82) is 0 Å². The van der Waals surface area contributed by atoms with Crippen molar-refractivity contribution in [3.63, 3.8) is 0 Å². The van der Waals surface area contributed by atoms with E-state index < -0.39 is 0 Å². The van der Waals surface area contributed by atoms with Gasteiger partial charge in [-0.25, -0.2) is 0 Å². The van der Waals surface area contributed by atoms with Crippen molar-refractivity contribution in [1.82, 2.24) is 14.8 Å². The molecule has 2 N–H and O–H groups in total. The number of nitrogens with zero attached hydrogens (tertiary/aromatic N) is 3. The number of rotatable bonds is 6. The zero-order valence-corrected chi connectivity index (χ0v) is 11.6. The van der Waals surface area contributed by atoms with Gasteiger partial charge in [-0.3, -0.25) is 0 Å². The predicted octanol–water partition coefficient (Wildman–Crippen LogP) is 2.76. The van der Waals surface area contributed by atoms with Crippen LogP contribution in [0, 0.1) is 6.92 Å². The van der Waals surface area contributed by atoms with Crippen LogP contribution >= 0.6 is 0 Å². The van der Waals surface area contributed by atoms with Crippen LogP contribution in [0.1, 0.15) is 69.1 Å². The van der Waals surface area contributed by atoms with Gasteiger partial charge in [-0.05, 0) is 39.2 Å². The maximum Gasteiger partial charge on any atom is 0.133 e. The van der Waals surface area contributed by atoms with Gasteiger partial charge >= 0.3 is 0 Å². The summed E-state index contributed by atoms with van der Waals surface area (Å²) in [4.78, 5) is 0. The molecule has 1 aromatic heterocycles. The van der Waals surface area contributed by atoms with Crippen molar-refractivity contribution in [2.75, 3.05) is 6.54 Å². The quantitative estimate of drug-likeness (QED) is 0.790. The standard InChI is InChI=1S/C14H26N4/c1-12-16-17-14(10-6-3-7-11-15)18(12)13-8-4-2-5-9-13/h13H,2-11,15H2,1H3. The Balaban J connectivity index is 1.97. The van der Waals surface area contributed by atoms with Crippen LogP contribution in [0.3, 0.4) is 0 Å². The first kappa shape index (κ1) is 13.5. The molecule has 1 fully saturated rings. The van der Waals surface area contributed by atoms with Gasteiger partial charge in [0.25, 0.3) is 0 Å². The molecule has 102 valence electrons. The Kier molecular flexibility index (Phi) is 5.17. The molecule has 0 bridgehead atoms.